The van der Waals surface area contributed by atoms with Crippen molar-refractivity contribution in [3.63, 3.8) is 0 Å². The zero-order valence-electron chi connectivity index (χ0n) is 15.6. The van der Waals surface area contributed by atoms with Crippen LogP contribution in [0, 0.1) is 0 Å². The molecule has 1 aromatic heterocycles. The molecule has 0 spiro atoms. The number of anilines is 1. The van der Waals surface area contributed by atoms with Crippen molar-refractivity contribution in [2.24, 2.45) is 0 Å². The Morgan fingerprint density at radius 1 is 0.929 bits per heavy atom. The summed E-state index contributed by atoms with van der Waals surface area (Å²) in [6.45, 7) is 0.223. The van der Waals surface area contributed by atoms with Gasteiger partial charge in [-0.1, -0.05) is 84.1 Å². The van der Waals surface area contributed by atoms with Gasteiger partial charge in [-0.15, -0.1) is 0 Å². The Morgan fingerprint density at radius 3 is 2.11 bits per heavy atom. The van der Waals surface area contributed by atoms with Gasteiger partial charge < -0.3 is 0 Å². The lowest BCUT2D eigenvalue weighted by atomic mass is 9.99. The molecule has 0 aliphatic carbocycles. The van der Waals surface area contributed by atoms with E-state index in [-0.39, 0.29) is 18.5 Å². The van der Waals surface area contributed by atoms with E-state index in [0.29, 0.717) is 5.13 Å². The monoisotopic (exact) mass is 387 g/mol. The van der Waals surface area contributed by atoms with Gasteiger partial charge in [-0.3, -0.25) is 15.0 Å². The number of carbonyl (C=O) groups excluding carboxylic acids is 1. The third kappa shape index (κ3) is 3.96. The molecule has 0 saturated carbocycles. The number of fused-ring (bicyclic) bond motifs is 1. The van der Waals surface area contributed by atoms with Crippen LogP contribution in [-0.2, 0) is 4.79 Å². The molecule has 0 atom stereocenters. The van der Waals surface area contributed by atoms with Crippen LogP contribution in [-0.4, -0.2) is 24.5 Å². The SMILES string of the molecule is CN(C(=O)CNC(c1ccccc1)c1ccccc1)c1nc2ccccc2s1. The predicted octanol–water partition coefficient (Wildman–Crippen LogP) is 4.64. The Balaban J connectivity index is 1.51. The van der Waals surface area contributed by atoms with E-state index >= 15 is 0 Å². The average molecular weight is 388 g/mol. The van der Waals surface area contributed by atoms with E-state index in [9.17, 15) is 4.79 Å². The maximum atomic E-state index is 12.8. The molecule has 1 amide bonds. The highest BCUT2D eigenvalue weighted by molar-refractivity contribution is 7.22. The Bertz CT molecular complexity index is 990. The number of nitrogens with zero attached hydrogens (tertiary/aromatic N) is 2. The first-order valence-electron chi connectivity index (χ1n) is 9.18. The van der Waals surface area contributed by atoms with Gasteiger partial charge in [0, 0.05) is 7.05 Å². The van der Waals surface area contributed by atoms with Gasteiger partial charge in [-0.2, -0.15) is 0 Å². The van der Waals surface area contributed by atoms with Gasteiger partial charge in [0.05, 0.1) is 22.8 Å². The second kappa shape index (κ2) is 8.33. The minimum Gasteiger partial charge on any atom is -0.298 e. The summed E-state index contributed by atoms with van der Waals surface area (Å²) >= 11 is 1.53. The lowest BCUT2D eigenvalue weighted by molar-refractivity contribution is -0.117. The van der Waals surface area contributed by atoms with Crippen LogP contribution in [0.4, 0.5) is 5.13 Å². The number of hydrogen-bond acceptors (Lipinski definition) is 4. The van der Waals surface area contributed by atoms with Gasteiger partial charge >= 0.3 is 0 Å². The largest absolute Gasteiger partial charge is 0.298 e. The molecule has 0 aliphatic rings. The summed E-state index contributed by atoms with van der Waals surface area (Å²) in [5.41, 5.74) is 3.18. The van der Waals surface area contributed by atoms with E-state index in [1.807, 2.05) is 60.7 Å². The van der Waals surface area contributed by atoms with Crippen molar-refractivity contribution in [2.45, 2.75) is 6.04 Å². The van der Waals surface area contributed by atoms with Crippen LogP contribution in [0.3, 0.4) is 0 Å². The molecule has 4 nitrogen and oxygen atoms in total. The molecule has 140 valence electrons. The topological polar surface area (TPSA) is 45.2 Å². The number of rotatable bonds is 6. The van der Waals surface area contributed by atoms with Crippen molar-refractivity contribution in [1.82, 2.24) is 10.3 Å². The Labute approximate surface area is 168 Å². The van der Waals surface area contributed by atoms with Gasteiger partial charge in [0.1, 0.15) is 0 Å². The first-order valence-corrected chi connectivity index (χ1v) is 9.99. The molecule has 0 aliphatic heterocycles. The van der Waals surface area contributed by atoms with E-state index in [1.54, 1.807) is 11.9 Å². The maximum absolute atomic E-state index is 12.8. The fourth-order valence-electron chi connectivity index (χ4n) is 3.14. The first kappa shape index (κ1) is 18.3. The second-order valence-electron chi connectivity index (χ2n) is 6.55. The number of benzene rings is 3. The van der Waals surface area contributed by atoms with E-state index < -0.39 is 0 Å². The number of carbonyl (C=O) groups is 1. The number of likely N-dealkylation sites (N-methyl/N-ethyl adjacent to an activating group) is 1. The Hall–Kier alpha value is -3.02. The van der Waals surface area contributed by atoms with E-state index in [1.165, 1.54) is 11.3 Å². The van der Waals surface area contributed by atoms with Gasteiger partial charge in [0.25, 0.3) is 0 Å². The van der Waals surface area contributed by atoms with Crippen molar-refractivity contribution in [2.75, 3.05) is 18.5 Å². The molecular weight excluding hydrogens is 366 g/mol. The third-order valence-corrected chi connectivity index (χ3v) is 5.78. The maximum Gasteiger partial charge on any atom is 0.242 e. The zero-order chi connectivity index (χ0) is 19.3. The van der Waals surface area contributed by atoms with Crippen LogP contribution in [0.25, 0.3) is 10.2 Å². The van der Waals surface area contributed by atoms with Crippen LogP contribution in [0.5, 0.6) is 0 Å². The summed E-state index contributed by atoms with van der Waals surface area (Å²) in [4.78, 5) is 19.0. The van der Waals surface area contributed by atoms with Crippen molar-refractivity contribution >= 4 is 32.6 Å². The van der Waals surface area contributed by atoms with Crippen LogP contribution < -0.4 is 10.2 Å². The molecule has 4 aromatic rings. The average Bonchev–Trinajstić information content (AvgIpc) is 3.19. The molecule has 0 radical (unpaired) electrons. The third-order valence-electron chi connectivity index (χ3n) is 4.67. The van der Waals surface area contributed by atoms with Crippen molar-refractivity contribution in [1.29, 1.82) is 0 Å². The second-order valence-corrected chi connectivity index (χ2v) is 7.56. The van der Waals surface area contributed by atoms with E-state index in [0.717, 1.165) is 21.3 Å². The fourth-order valence-corrected chi connectivity index (χ4v) is 4.08. The quantitative estimate of drug-likeness (QED) is 0.524. The fraction of sp³-hybridized carbons (Fsp3) is 0.130. The smallest absolute Gasteiger partial charge is 0.242 e. The minimum atomic E-state index is -0.0462. The first-order chi connectivity index (χ1) is 13.7. The number of nitrogens with one attached hydrogen (secondary N) is 1. The van der Waals surface area contributed by atoms with Crippen LogP contribution in [0.15, 0.2) is 84.9 Å². The Morgan fingerprint density at radius 2 is 1.50 bits per heavy atom. The number of hydrogen-bond donors (Lipinski definition) is 1. The minimum absolute atomic E-state index is 0.0177. The molecule has 0 fully saturated rings. The molecular formula is C23H21N3OS. The summed E-state index contributed by atoms with van der Waals surface area (Å²) in [6, 6.07) is 28.2. The zero-order valence-corrected chi connectivity index (χ0v) is 16.4. The highest BCUT2D eigenvalue weighted by atomic mass is 32.1. The predicted molar refractivity (Wildman–Crippen MR) is 116 cm³/mol. The molecule has 1 N–H and O–H groups in total. The van der Waals surface area contributed by atoms with Crippen LogP contribution in [0.1, 0.15) is 17.2 Å². The summed E-state index contributed by atoms with van der Waals surface area (Å²) < 4.78 is 1.08. The van der Waals surface area contributed by atoms with Crippen molar-refractivity contribution in [3.8, 4) is 0 Å². The van der Waals surface area contributed by atoms with Crippen molar-refractivity contribution in [3.05, 3.63) is 96.1 Å². The number of para-hydroxylation sites is 1. The number of aromatic nitrogens is 1. The molecule has 4 rings (SSSR count). The van der Waals surface area contributed by atoms with Crippen LogP contribution >= 0.6 is 11.3 Å². The summed E-state index contributed by atoms with van der Waals surface area (Å²) in [7, 11) is 1.78. The summed E-state index contributed by atoms with van der Waals surface area (Å²) in [5.74, 6) is -0.0177. The molecule has 5 heteroatoms. The molecule has 1 heterocycles. The van der Waals surface area contributed by atoms with Gasteiger partial charge in [0.15, 0.2) is 5.13 Å². The summed E-state index contributed by atoms with van der Waals surface area (Å²) in [6.07, 6.45) is 0. The van der Waals surface area contributed by atoms with Gasteiger partial charge in [0.2, 0.25) is 5.91 Å². The molecule has 0 saturated heterocycles. The van der Waals surface area contributed by atoms with Gasteiger partial charge in [-0.25, -0.2) is 4.98 Å². The molecule has 0 bridgehead atoms. The number of amides is 1. The van der Waals surface area contributed by atoms with Crippen LogP contribution in [0.2, 0.25) is 0 Å². The number of thiazole rings is 1. The standard InChI is InChI=1S/C23H21N3OS/c1-26(23-25-19-14-8-9-15-20(19)28-23)21(27)16-24-22(17-10-4-2-5-11-17)18-12-6-3-7-13-18/h2-15,22,24H,16H2,1H3. The van der Waals surface area contributed by atoms with E-state index in [2.05, 4.69) is 34.6 Å². The lowest BCUT2D eigenvalue weighted by Crippen LogP contribution is -2.37. The molecule has 28 heavy (non-hydrogen) atoms. The van der Waals surface area contributed by atoms with Gasteiger partial charge in [-0.05, 0) is 23.3 Å². The molecule has 0 unspecified atom stereocenters. The highest BCUT2D eigenvalue weighted by Crippen LogP contribution is 2.28. The normalized spacial score (nSPS) is 11.1. The molecule has 3 aromatic carbocycles. The Kier molecular flexibility index (Phi) is 5.46. The van der Waals surface area contributed by atoms with E-state index in [4.69, 9.17) is 0 Å². The highest BCUT2D eigenvalue weighted by Gasteiger charge is 2.19. The van der Waals surface area contributed by atoms with Crippen molar-refractivity contribution < 1.29 is 4.79 Å². The summed E-state index contributed by atoms with van der Waals surface area (Å²) in [5, 5.41) is 4.13. The lowest BCUT2D eigenvalue weighted by Gasteiger charge is -2.21.